The number of nitrogens with zero attached hydrogens (tertiary/aromatic N) is 5. The molecule has 4 aromatic rings. The lowest BCUT2D eigenvalue weighted by Gasteiger charge is -2.27. The summed E-state index contributed by atoms with van der Waals surface area (Å²) in [6.45, 7) is 2.85. The smallest absolute Gasteiger partial charge is 0.242 e. The van der Waals surface area contributed by atoms with Crippen LogP contribution in [0.2, 0.25) is 0 Å². The van der Waals surface area contributed by atoms with Crippen LogP contribution in [0.4, 0.5) is 0 Å². The van der Waals surface area contributed by atoms with E-state index in [1.165, 1.54) is 0 Å². The molecule has 0 unspecified atom stereocenters. The average molecular weight is 364 g/mol. The van der Waals surface area contributed by atoms with Crippen LogP contribution in [0, 0.1) is 0 Å². The molecule has 0 atom stereocenters. The van der Waals surface area contributed by atoms with Gasteiger partial charge in [0.05, 0.1) is 36.3 Å². The number of aryl methyl sites for hydroxylation is 1. The van der Waals surface area contributed by atoms with E-state index in [1.807, 2.05) is 51.9 Å². The van der Waals surface area contributed by atoms with Crippen LogP contribution in [0.15, 0.2) is 36.8 Å². The van der Waals surface area contributed by atoms with Gasteiger partial charge in [-0.25, -0.2) is 4.98 Å². The topological polar surface area (TPSA) is 81.0 Å². The van der Waals surface area contributed by atoms with Gasteiger partial charge in [0.25, 0.3) is 0 Å². The Kier molecular flexibility index (Phi) is 3.71. The molecule has 5 heterocycles. The normalized spacial score (nSPS) is 15.1. The minimum Gasteiger partial charge on any atom is -0.378 e. The number of fused-ring (bicyclic) bond motifs is 3. The Hall–Kier alpha value is -3.13. The van der Waals surface area contributed by atoms with E-state index in [0.29, 0.717) is 32.8 Å². The van der Waals surface area contributed by atoms with Gasteiger partial charge >= 0.3 is 0 Å². The Morgan fingerprint density at radius 3 is 3.00 bits per heavy atom. The fraction of sp³-hybridized carbons (Fsp3) is 0.316. The number of carbonyl (C=O) groups excluding carboxylic acids is 1. The molecular weight excluding hydrogens is 344 g/mol. The molecule has 0 saturated carbocycles. The lowest BCUT2D eigenvalue weighted by atomic mass is 10.2. The molecule has 8 nitrogen and oxygen atoms in total. The van der Waals surface area contributed by atoms with Crippen LogP contribution in [0.3, 0.4) is 0 Å². The van der Waals surface area contributed by atoms with Crippen molar-refractivity contribution in [1.29, 1.82) is 0 Å². The van der Waals surface area contributed by atoms with Crippen LogP contribution >= 0.6 is 0 Å². The van der Waals surface area contributed by atoms with Gasteiger partial charge in [-0.1, -0.05) is 0 Å². The van der Waals surface area contributed by atoms with Crippen LogP contribution in [0.25, 0.3) is 33.3 Å². The summed E-state index contributed by atoms with van der Waals surface area (Å²) in [6.07, 6.45) is 5.58. The van der Waals surface area contributed by atoms with E-state index in [-0.39, 0.29) is 5.91 Å². The Balaban J connectivity index is 1.50. The van der Waals surface area contributed by atoms with Gasteiger partial charge in [-0.05, 0) is 18.2 Å². The monoisotopic (exact) mass is 364 g/mol. The molecule has 0 spiro atoms. The first kappa shape index (κ1) is 16.1. The van der Waals surface area contributed by atoms with Gasteiger partial charge in [0.15, 0.2) is 0 Å². The van der Waals surface area contributed by atoms with E-state index in [4.69, 9.17) is 4.74 Å². The maximum Gasteiger partial charge on any atom is 0.242 e. The molecule has 138 valence electrons. The quantitative estimate of drug-likeness (QED) is 0.601. The molecule has 0 aliphatic carbocycles. The summed E-state index contributed by atoms with van der Waals surface area (Å²) in [4.78, 5) is 22.4. The van der Waals surface area contributed by atoms with E-state index in [9.17, 15) is 4.79 Å². The Bertz CT molecular complexity index is 1130. The lowest BCUT2D eigenvalue weighted by Crippen LogP contribution is -2.42. The van der Waals surface area contributed by atoms with E-state index in [0.717, 1.165) is 33.3 Å². The number of morpholine rings is 1. The highest BCUT2D eigenvalue weighted by molar-refractivity contribution is 6.04. The summed E-state index contributed by atoms with van der Waals surface area (Å²) < 4.78 is 9.16. The van der Waals surface area contributed by atoms with Gasteiger partial charge in [-0.15, -0.1) is 0 Å². The molecule has 8 heteroatoms. The molecular formula is C19H20N6O2. The summed E-state index contributed by atoms with van der Waals surface area (Å²) in [5.41, 5.74) is 3.76. The third kappa shape index (κ3) is 2.69. The minimum absolute atomic E-state index is 0.110. The number of aromatic nitrogens is 5. The molecule has 27 heavy (non-hydrogen) atoms. The summed E-state index contributed by atoms with van der Waals surface area (Å²) >= 11 is 0. The molecule has 4 aromatic heterocycles. The van der Waals surface area contributed by atoms with Gasteiger partial charge in [-0.2, -0.15) is 5.10 Å². The Labute approximate surface area is 155 Å². The first-order valence-corrected chi connectivity index (χ1v) is 9.01. The molecule has 1 aliphatic heterocycles. The summed E-state index contributed by atoms with van der Waals surface area (Å²) in [7, 11) is 1.93. The van der Waals surface area contributed by atoms with Gasteiger partial charge in [0, 0.05) is 43.3 Å². The number of amides is 1. The zero-order valence-electron chi connectivity index (χ0n) is 15.1. The van der Waals surface area contributed by atoms with Gasteiger partial charge in [-0.3, -0.25) is 9.48 Å². The van der Waals surface area contributed by atoms with E-state index in [1.54, 1.807) is 0 Å². The highest BCUT2D eigenvalue weighted by Crippen LogP contribution is 2.28. The number of nitrogens with one attached hydrogen (secondary N) is 1. The number of ether oxygens (including phenoxy) is 1. The van der Waals surface area contributed by atoms with Gasteiger partial charge < -0.3 is 19.2 Å². The first-order chi connectivity index (χ1) is 13.2. The summed E-state index contributed by atoms with van der Waals surface area (Å²) in [5.74, 6) is 0.110. The van der Waals surface area contributed by atoms with E-state index < -0.39 is 0 Å². The second-order valence-electron chi connectivity index (χ2n) is 6.79. The number of hydrogen-bond acceptors (Lipinski definition) is 4. The SMILES string of the molecule is Cn1ncc2cnc3[nH]c(-c4cccn4CC(=O)N4CCOCC4)cc3c21. The third-order valence-electron chi connectivity index (χ3n) is 5.13. The molecule has 0 bridgehead atoms. The van der Waals surface area contributed by atoms with Crippen LogP contribution in [0.5, 0.6) is 0 Å². The molecule has 0 radical (unpaired) electrons. The summed E-state index contributed by atoms with van der Waals surface area (Å²) in [6, 6.07) is 6.05. The van der Waals surface area contributed by atoms with Crippen LogP contribution in [-0.4, -0.2) is 61.4 Å². The Morgan fingerprint density at radius 2 is 2.15 bits per heavy atom. The second kappa shape index (κ2) is 6.24. The van der Waals surface area contributed by atoms with Gasteiger partial charge in [0.2, 0.25) is 5.91 Å². The van der Waals surface area contributed by atoms with Gasteiger partial charge in [0.1, 0.15) is 12.2 Å². The van der Waals surface area contributed by atoms with Crippen LogP contribution < -0.4 is 0 Å². The predicted octanol–water partition coefficient (Wildman–Crippen LogP) is 1.78. The fourth-order valence-corrected chi connectivity index (χ4v) is 3.73. The highest BCUT2D eigenvalue weighted by Gasteiger charge is 2.19. The maximum absolute atomic E-state index is 12.6. The van der Waals surface area contributed by atoms with Crippen molar-refractivity contribution >= 4 is 27.8 Å². The van der Waals surface area contributed by atoms with Crippen molar-refractivity contribution < 1.29 is 9.53 Å². The standard InChI is InChI=1S/C19H20N6O2/c1-23-18-13(11-21-23)10-20-19-14(18)9-15(22-19)16-3-2-4-25(16)12-17(26)24-5-7-27-8-6-24/h2-4,9-11H,5-8,12H2,1H3,(H,20,22). The van der Waals surface area contributed by atoms with Crippen molar-refractivity contribution in [2.24, 2.45) is 7.05 Å². The van der Waals surface area contributed by atoms with Crippen molar-refractivity contribution in [3.8, 4) is 11.4 Å². The molecule has 1 saturated heterocycles. The summed E-state index contributed by atoms with van der Waals surface area (Å²) in [5, 5.41) is 6.35. The lowest BCUT2D eigenvalue weighted by molar-refractivity contribution is -0.135. The number of aromatic amines is 1. The molecule has 1 aliphatic rings. The first-order valence-electron chi connectivity index (χ1n) is 9.01. The zero-order chi connectivity index (χ0) is 18.4. The molecule has 1 fully saturated rings. The molecule has 1 amide bonds. The number of rotatable bonds is 3. The van der Waals surface area contributed by atoms with Crippen molar-refractivity contribution in [3.63, 3.8) is 0 Å². The Morgan fingerprint density at radius 1 is 1.30 bits per heavy atom. The number of H-pyrrole nitrogens is 1. The second-order valence-corrected chi connectivity index (χ2v) is 6.79. The van der Waals surface area contributed by atoms with E-state index >= 15 is 0 Å². The molecule has 1 N–H and O–H groups in total. The van der Waals surface area contributed by atoms with E-state index in [2.05, 4.69) is 21.1 Å². The van der Waals surface area contributed by atoms with Crippen molar-refractivity contribution in [2.45, 2.75) is 6.54 Å². The van der Waals surface area contributed by atoms with Crippen molar-refractivity contribution in [1.82, 2.24) is 29.2 Å². The minimum atomic E-state index is 0.110. The third-order valence-corrected chi connectivity index (χ3v) is 5.13. The highest BCUT2D eigenvalue weighted by atomic mass is 16.5. The maximum atomic E-state index is 12.6. The largest absolute Gasteiger partial charge is 0.378 e. The average Bonchev–Trinajstić information content (AvgIpc) is 3.40. The van der Waals surface area contributed by atoms with Crippen molar-refractivity contribution in [3.05, 3.63) is 36.8 Å². The zero-order valence-corrected chi connectivity index (χ0v) is 15.1. The molecule has 5 rings (SSSR count). The predicted molar refractivity (Wildman–Crippen MR) is 101 cm³/mol. The van der Waals surface area contributed by atoms with Crippen molar-refractivity contribution in [2.75, 3.05) is 26.3 Å². The number of carbonyl (C=O) groups is 1. The molecule has 0 aromatic carbocycles. The fourth-order valence-electron chi connectivity index (χ4n) is 3.73. The van der Waals surface area contributed by atoms with Crippen LogP contribution in [-0.2, 0) is 23.1 Å². The number of hydrogen-bond donors (Lipinski definition) is 1. The number of pyridine rings is 1. The van der Waals surface area contributed by atoms with Crippen LogP contribution in [0.1, 0.15) is 0 Å².